The molecule has 0 aromatic carbocycles. The third-order valence-corrected chi connectivity index (χ3v) is 11.7. The highest BCUT2D eigenvalue weighted by Crippen LogP contribution is 2.31. The summed E-state index contributed by atoms with van der Waals surface area (Å²) in [6.07, 6.45) is 0.456. The largest absolute Gasteiger partial charge is 0.252 e. The second-order valence-corrected chi connectivity index (χ2v) is 14.5. The van der Waals surface area contributed by atoms with E-state index in [1.165, 1.54) is 8.61 Å². The van der Waals surface area contributed by atoms with E-state index in [2.05, 4.69) is 31.9 Å². The van der Waals surface area contributed by atoms with Crippen LogP contribution in [-0.4, -0.2) is 51.6 Å². The second-order valence-electron chi connectivity index (χ2n) is 5.28. The summed E-state index contributed by atoms with van der Waals surface area (Å²) in [5.41, 5.74) is 0. The number of hydrogen-bond acceptors (Lipinski definition) is 6. The number of halogens is 2. The minimum absolute atomic E-state index is 0.142. The van der Waals surface area contributed by atoms with Gasteiger partial charge in [0.2, 0.25) is 0 Å². The maximum absolute atomic E-state index is 12.7. The van der Waals surface area contributed by atoms with Crippen LogP contribution in [0.25, 0.3) is 0 Å². The summed E-state index contributed by atoms with van der Waals surface area (Å²) in [7, 11) is -7.20. The monoisotopic (exact) mass is 548 g/mol. The summed E-state index contributed by atoms with van der Waals surface area (Å²) in [6.45, 7) is 0.892. The molecule has 12 heteroatoms. The van der Waals surface area contributed by atoms with E-state index < -0.39 is 20.0 Å². The van der Waals surface area contributed by atoms with Gasteiger partial charge in [0.1, 0.15) is 8.42 Å². The Morgan fingerprint density at radius 3 is 1.44 bits per heavy atom. The lowest BCUT2D eigenvalue weighted by Crippen LogP contribution is -2.37. The molecule has 0 N–H and O–H groups in total. The van der Waals surface area contributed by atoms with E-state index in [9.17, 15) is 16.8 Å². The first-order valence-electron chi connectivity index (χ1n) is 7.22. The maximum atomic E-state index is 12.7. The first-order valence-corrected chi connectivity index (χ1v) is 13.3. The molecule has 1 fully saturated rings. The minimum atomic E-state index is -3.60. The number of hydrogen-bond donors (Lipinski definition) is 0. The zero-order chi connectivity index (χ0) is 18.2. The van der Waals surface area contributed by atoms with Crippen LogP contribution in [0.15, 0.2) is 40.3 Å². The van der Waals surface area contributed by atoms with Gasteiger partial charge in [-0.25, -0.2) is 16.8 Å². The normalized spacial score (nSPS) is 18.3. The molecule has 0 amide bonds. The van der Waals surface area contributed by atoms with Gasteiger partial charge < -0.3 is 0 Å². The molecule has 0 saturated carbocycles. The zero-order valence-electron chi connectivity index (χ0n) is 12.8. The summed E-state index contributed by atoms with van der Waals surface area (Å²) >= 11 is 8.85. The summed E-state index contributed by atoms with van der Waals surface area (Å²) in [4.78, 5) is 0. The van der Waals surface area contributed by atoms with E-state index in [1.807, 2.05) is 0 Å². The Hall–Kier alpha value is 0.180. The fourth-order valence-corrected chi connectivity index (χ4v) is 9.75. The van der Waals surface area contributed by atoms with Crippen molar-refractivity contribution in [2.45, 2.75) is 14.8 Å². The van der Waals surface area contributed by atoms with Gasteiger partial charge in [-0.1, -0.05) is 0 Å². The van der Waals surface area contributed by atoms with Crippen molar-refractivity contribution in [1.82, 2.24) is 8.61 Å². The van der Waals surface area contributed by atoms with Gasteiger partial charge in [-0.15, -0.1) is 22.7 Å². The van der Waals surface area contributed by atoms with Crippen molar-refractivity contribution in [2.75, 3.05) is 26.2 Å². The van der Waals surface area contributed by atoms with Gasteiger partial charge in [0.15, 0.2) is 0 Å². The molecule has 1 aliphatic rings. The number of sulfonamides is 2. The third kappa shape index (κ3) is 4.21. The van der Waals surface area contributed by atoms with Crippen LogP contribution in [0.5, 0.6) is 0 Å². The van der Waals surface area contributed by atoms with Gasteiger partial charge in [0.25, 0.3) is 20.0 Å². The molecule has 0 atom stereocenters. The van der Waals surface area contributed by atoms with E-state index >= 15 is 0 Å². The lowest BCUT2D eigenvalue weighted by molar-refractivity contribution is 0.406. The fourth-order valence-electron chi connectivity index (χ4n) is 2.48. The van der Waals surface area contributed by atoms with Crippen LogP contribution < -0.4 is 0 Å². The van der Waals surface area contributed by atoms with Crippen LogP contribution in [0.3, 0.4) is 0 Å². The molecule has 0 spiro atoms. The Labute approximate surface area is 171 Å². The van der Waals surface area contributed by atoms with Crippen LogP contribution in [0.2, 0.25) is 0 Å². The molecule has 6 nitrogen and oxygen atoms in total. The van der Waals surface area contributed by atoms with Gasteiger partial charge in [-0.3, -0.25) is 0 Å². The quantitative estimate of drug-likeness (QED) is 0.585. The third-order valence-electron chi connectivity index (χ3n) is 3.70. The Morgan fingerprint density at radius 2 is 1.12 bits per heavy atom. The lowest BCUT2D eigenvalue weighted by Gasteiger charge is -2.20. The van der Waals surface area contributed by atoms with Crippen molar-refractivity contribution < 1.29 is 16.8 Å². The first kappa shape index (κ1) is 19.9. The molecule has 0 unspecified atom stereocenters. The van der Waals surface area contributed by atoms with E-state index in [4.69, 9.17) is 0 Å². The van der Waals surface area contributed by atoms with Crippen LogP contribution in [-0.2, 0) is 20.0 Å². The molecule has 138 valence electrons. The number of nitrogens with zero attached hydrogens (tertiary/aromatic N) is 2. The molecule has 2 aromatic heterocycles. The first-order chi connectivity index (χ1) is 11.7. The second kappa shape index (κ2) is 7.66. The molecule has 25 heavy (non-hydrogen) atoms. The predicted molar refractivity (Wildman–Crippen MR) is 106 cm³/mol. The molecule has 1 aliphatic heterocycles. The molecule has 0 aliphatic carbocycles. The summed E-state index contributed by atoms with van der Waals surface area (Å²) in [6, 6.07) is 6.51. The van der Waals surface area contributed by atoms with E-state index in [-0.39, 0.29) is 21.5 Å². The van der Waals surface area contributed by atoms with Crippen LogP contribution in [0.4, 0.5) is 0 Å². The molecule has 2 aromatic rings. The molecule has 3 rings (SSSR count). The molecule has 1 saturated heterocycles. The van der Waals surface area contributed by atoms with Crippen molar-refractivity contribution in [3.63, 3.8) is 0 Å². The van der Waals surface area contributed by atoms with Crippen LogP contribution >= 0.6 is 54.5 Å². The Morgan fingerprint density at radius 1 is 0.720 bits per heavy atom. The lowest BCUT2D eigenvalue weighted by atomic mass is 10.4. The maximum Gasteiger partial charge on any atom is 0.252 e. The van der Waals surface area contributed by atoms with Crippen molar-refractivity contribution in [3.05, 3.63) is 31.8 Å². The summed E-state index contributed by atoms with van der Waals surface area (Å²) in [5.74, 6) is 0. The van der Waals surface area contributed by atoms with Gasteiger partial charge in [0.05, 0.1) is 7.57 Å². The van der Waals surface area contributed by atoms with Crippen LogP contribution in [0, 0.1) is 0 Å². The molecule has 3 heterocycles. The summed E-state index contributed by atoms with van der Waals surface area (Å²) in [5, 5.41) is 0. The summed E-state index contributed by atoms with van der Waals surface area (Å²) < 4.78 is 55.6. The Bertz CT molecular complexity index is 890. The van der Waals surface area contributed by atoms with E-state index in [0.29, 0.717) is 19.5 Å². The SMILES string of the molecule is O=S(=O)(c1ccc(Br)s1)N1CCCN(S(=O)(=O)c2ccc(Br)s2)CC1. The van der Waals surface area contributed by atoms with Crippen molar-refractivity contribution in [1.29, 1.82) is 0 Å². The van der Waals surface area contributed by atoms with Gasteiger partial charge in [-0.05, 0) is 62.5 Å². The Kier molecular flexibility index (Phi) is 6.11. The average molecular weight is 550 g/mol. The Balaban J connectivity index is 1.79. The van der Waals surface area contributed by atoms with Crippen molar-refractivity contribution in [3.8, 4) is 0 Å². The van der Waals surface area contributed by atoms with Gasteiger partial charge >= 0.3 is 0 Å². The van der Waals surface area contributed by atoms with Gasteiger partial charge in [0, 0.05) is 26.2 Å². The van der Waals surface area contributed by atoms with E-state index in [0.717, 1.165) is 30.2 Å². The van der Waals surface area contributed by atoms with Crippen molar-refractivity contribution >= 4 is 74.6 Å². The highest BCUT2D eigenvalue weighted by atomic mass is 79.9. The van der Waals surface area contributed by atoms with Gasteiger partial charge in [-0.2, -0.15) is 8.61 Å². The predicted octanol–water partition coefficient (Wildman–Crippen LogP) is 3.42. The molecular weight excluding hydrogens is 536 g/mol. The highest BCUT2D eigenvalue weighted by Gasteiger charge is 2.32. The highest BCUT2D eigenvalue weighted by molar-refractivity contribution is 9.11. The zero-order valence-corrected chi connectivity index (χ0v) is 19.2. The molecular formula is C13H14Br2N2O4S4. The standard InChI is InChI=1S/C13H14Br2N2O4S4/c14-10-2-4-12(22-10)24(18,19)16-6-1-7-17(9-8-16)25(20,21)13-5-3-11(15)23-13/h2-5H,1,6-9H2. The average Bonchev–Trinajstić information content (AvgIpc) is 3.08. The molecule has 0 bridgehead atoms. The number of rotatable bonds is 4. The smallest absolute Gasteiger partial charge is 0.206 e. The topological polar surface area (TPSA) is 74.8 Å². The number of thiophene rings is 2. The minimum Gasteiger partial charge on any atom is -0.206 e. The van der Waals surface area contributed by atoms with Crippen molar-refractivity contribution in [2.24, 2.45) is 0 Å². The molecule has 0 radical (unpaired) electrons. The van der Waals surface area contributed by atoms with E-state index in [1.54, 1.807) is 24.3 Å². The van der Waals surface area contributed by atoms with Crippen LogP contribution in [0.1, 0.15) is 6.42 Å². The fraction of sp³-hybridized carbons (Fsp3) is 0.385.